The summed E-state index contributed by atoms with van der Waals surface area (Å²) in [6, 6.07) is 7.39. The largest absolute Gasteiger partial charge is 0.398 e. The van der Waals surface area contributed by atoms with Crippen LogP contribution in [-0.4, -0.2) is 28.5 Å². The van der Waals surface area contributed by atoms with E-state index in [1.54, 1.807) is 6.20 Å². The van der Waals surface area contributed by atoms with Gasteiger partial charge in [0.15, 0.2) is 11.5 Å². The summed E-state index contributed by atoms with van der Waals surface area (Å²) >= 11 is 0. The molecule has 1 aromatic carbocycles. The predicted molar refractivity (Wildman–Crippen MR) is 99.9 cm³/mol. The average Bonchev–Trinajstić information content (AvgIpc) is 2.96. The first-order chi connectivity index (χ1) is 12.2. The quantitative estimate of drug-likeness (QED) is 0.575. The highest BCUT2D eigenvalue weighted by Crippen LogP contribution is 2.25. The van der Waals surface area contributed by atoms with Gasteiger partial charge >= 0.3 is 0 Å². The first-order valence-electron chi connectivity index (χ1n) is 8.40. The number of aromatic nitrogens is 2. The highest BCUT2D eigenvalue weighted by Gasteiger charge is 2.36. The predicted octanol–water partition coefficient (Wildman–Crippen LogP) is -1.09. The topological polar surface area (TPSA) is 119 Å². The molecule has 26 heavy (non-hydrogen) atoms. The Morgan fingerprint density at radius 1 is 1.35 bits per heavy atom. The van der Waals surface area contributed by atoms with Gasteiger partial charge in [-0.25, -0.2) is 8.42 Å². The molecule has 0 spiro atoms. The molecule has 1 unspecified atom stereocenters. The summed E-state index contributed by atoms with van der Waals surface area (Å²) < 4.78 is 27.9. The molecular weight excluding hydrogens is 352 g/mol. The Labute approximate surface area is 151 Å². The summed E-state index contributed by atoms with van der Waals surface area (Å²) in [5.41, 5.74) is 13.6. The van der Waals surface area contributed by atoms with Crippen LogP contribution in [0.4, 0.5) is 5.69 Å². The van der Waals surface area contributed by atoms with Crippen molar-refractivity contribution in [3.8, 4) is 0 Å². The molecule has 0 saturated carbocycles. The highest BCUT2D eigenvalue weighted by molar-refractivity contribution is 7.88. The van der Waals surface area contributed by atoms with Crippen LogP contribution < -0.4 is 27.2 Å². The fourth-order valence-corrected chi connectivity index (χ4v) is 5.06. The monoisotopic (exact) mass is 374 g/mol. The van der Waals surface area contributed by atoms with E-state index in [9.17, 15) is 8.42 Å². The first-order valence-corrected chi connectivity index (χ1v) is 10.0. The Balaban J connectivity index is 1.78. The molecule has 9 heteroatoms. The van der Waals surface area contributed by atoms with Crippen molar-refractivity contribution in [3.63, 3.8) is 0 Å². The number of hydrogen-bond donors (Lipinski definition) is 3. The van der Waals surface area contributed by atoms with Crippen LogP contribution in [0.25, 0.3) is 12.3 Å². The van der Waals surface area contributed by atoms with Crippen molar-refractivity contribution in [2.24, 2.45) is 5.73 Å². The molecule has 0 aliphatic carbocycles. The minimum Gasteiger partial charge on any atom is -0.398 e. The van der Waals surface area contributed by atoms with Gasteiger partial charge in [0.1, 0.15) is 5.69 Å². The number of benzene rings is 1. The lowest BCUT2D eigenvalue weighted by Crippen LogP contribution is -2.53. The van der Waals surface area contributed by atoms with Gasteiger partial charge in [-0.1, -0.05) is 12.1 Å². The normalized spacial score (nSPS) is 24.2. The lowest BCUT2D eigenvalue weighted by Gasteiger charge is -2.30. The first kappa shape index (κ1) is 17.1. The third kappa shape index (κ3) is 2.59. The van der Waals surface area contributed by atoms with Crippen molar-refractivity contribution < 1.29 is 8.42 Å². The van der Waals surface area contributed by atoms with Gasteiger partial charge in [-0.3, -0.25) is 4.68 Å². The Kier molecular flexibility index (Phi) is 3.66. The molecule has 2 aliphatic heterocycles. The van der Waals surface area contributed by atoms with E-state index in [0.717, 1.165) is 16.1 Å². The van der Waals surface area contributed by atoms with Gasteiger partial charge < -0.3 is 16.8 Å². The Morgan fingerprint density at radius 2 is 2.12 bits per heavy atom. The van der Waals surface area contributed by atoms with Crippen LogP contribution in [0.5, 0.6) is 0 Å². The van der Waals surface area contributed by atoms with Crippen LogP contribution in [0, 0.1) is 0 Å². The number of nitrogen functional groups attached to an aromatic ring is 1. The maximum Gasteiger partial charge on any atom is 0.235 e. The summed E-state index contributed by atoms with van der Waals surface area (Å²) in [7, 11) is -3.39. The lowest BCUT2D eigenvalue weighted by molar-refractivity contribution is 0.317. The SMILES string of the molecule is CC(C)N1Cc2cc(C3(N)C=c4cccc(N)c4=CN3)nn2CS1(=O)=O. The van der Waals surface area contributed by atoms with Gasteiger partial charge in [-0.2, -0.15) is 9.40 Å². The molecule has 0 fully saturated rings. The molecule has 4 rings (SSSR count). The van der Waals surface area contributed by atoms with Gasteiger partial charge in [0.05, 0.1) is 12.2 Å². The number of nitrogens with one attached hydrogen (secondary N) is 1. The van der Waals surface area contributed by atoms with Crippen molar-refractivity contribution in [3.05, 3.63) is 46.1 Å². The molecule has 0 amide bonds. The highest BCUT2D eigenvalue weighted by atomic mass is 32.2. The summed E-state index contributed by atoms with van der Waals surface area (Å²) in [5, 5.41) is 9.41. The second-order valence-corrected chi connectivity index (χ2v) is 8.94. The Bertz CT molecular complexity index is 1100. The third-order valence-corrected chi connectivity index (χ3v) is 6.67. The molecule has 0 bridgehead atoms. The Morgan fingerprint density at radius 3 is 2.85 bits per heavy atom. The van der Waals surface area contributed by atoms with E-state index in [1.807, 2.05) is 44.2 Å². The molecule has 0 saturated heterocycles. The zero-order valence-corrected chi connectivity index (χ0v) is 15.5. The van der Waals surface area contributed by atoms with E-state index in [-0.39, 0.29) is 18.5 Å². The fourth-order valence-electron chi connectivity index (χ4n) is 3.41. The number of rotatable bonds is 2. The van der Waals surface area contributed by atoms with Crippen LogP contribution in [-0.2, 0) is 28.1 Å². The molecule has 8 nitrogen and oxygen atoms in total. The molecular formula is C17H22N6O2S. The van der Waals surface area contributed by atoms with Crippen LogP contribution in [0.1, 0.15) is 25.2 Å². The maximum atomic E-state index is 12.4. The van der Waals surface area contributed by atoms with Crippen molar-refractivity contribution >= 4 is 28.0 Å². The average molecular weight is 374 g/mol. The number of sulfonamides is 1. The van der Waals surface area contributed by atoms with E-state index in [1.165, 1.54) is 8.99 Å². The number of nitrogens with zero attached hydrogens (tertiary/aromatic N) is 3. The smallest absolute Gasteiger partial charge is 0.235 e. The molecule has 5 N–H and O–H groups in total. The number of nitrogens with two attached hydrogens (primary N) is 2. The van der Waals surface area contributed by atoms with Crippen molar-refractivity contribution in [2.75, 3.05) is 5.73 Å². The summed E-state index contributed by atoms with van der Waals surface area (Å²) in [6.07, 6.45) is 3.64. The van der Waals surface area contributed by atoms with E-state index in [4.69, 9.17) is 11.5 Å². The van der Waals surface area contributed by atoms with Crippen LogP contribution in [0.15, 0.2) is 24.3 Å². The maximum absolute atomic E-state index is 12.4. The molecule has 1 atom stereocenters. The van der Waals surface area contributed by atoms with Crippen molar-refractivity contribution in [2.45, 2.75) is 38.0 Å². The Hall–Kier alpha value is -2.36. The van der Waals surface area contributed by atoms with Gasteiger partial charge in [0.2, 0.25) is 10.0 Å². The van der Waals surface area contributed by atoms with Gasteiger partial charge in [-0.05, 0) is 37.3 Å². The van der Waals surface area contributed by atoms with E-state index in [0.29, 0.717) is 11.4 Å². The summed E-state index contributed by atoms with van der Waals surface area (Å²) in [6.45, 7) is 4.01. The third-order valence-electron chi connectivity index (χ3n) is 4.84. The second kappa shape index (κ2) is 5.57. The van der Waals surface area contributed by atoms with Crippen molar-refractivity contribution in [1.29, 1.82) is 0 Å². The van der Waals surface area contributed by atoms with Gasteiger partial charge in [-0.15, -0.1) is 0 Å². The molecule has 3 heterocycles. The van der Waals surface area contributed by atoms with E-state index < -0.39 is 15.7 Å². The minimum absolute atomic E-state index is 0.110. The summed E-state index contributed by atoms with van der Waals surface area (Å²) in [4.78, 5) is 0. The van der Waals surface area contributed by atoms with Gasteiger partial charge in [0, 0.05) is 23.1 Å². The molecule has 2 aliphatic rings. The van der Waals surface area contributed by atoms with E-state index in [2.05, 4.69) is 10.4 Å². The van der Waals surface area contributed by atoms with Crippen molar-refractivity contribution in [1.82, 2.24) is 19.4 Å². The molecule has 138 valence electrons. The summed E-state index contributed by atoms with van der Waals surface area (Å²) in [5.74, 6) is -0.177. The zero-order valence-electron chi connectivity index (χ0n) is 14.7. The number of fused-ring (bicyclic) bond motifs is 2. The molecule has 0 radical (unpaired) electrons. The van der Waals surface area contributed by atoms with Crippen LogP contribution >= 0.6 is 0 Å². The minimum atomic E-state index is -3.39. The lowest BCUT2D eigenvalue weighted by atomic mass is 10.0. The van der Waals surface area contributed by atoms with Crippen LogP contribution in [0.3, 0.4) is 0 Å². The molecule has 1 aromatic heterocycles. The number of anilines is 1. The zero-order chi connectivity index (χ0) is 18.7. The second-order valence-electron chi connectivity index (χ2n) is 7.05. The molecule has 2 aromatic rings. The van der Waals surface area contributed by atoms with E-state index >= 15 is 0 Å². The van der Waals surface area contributed by atoms with Gasteiger partial charge in [0.25, 0.3) is 0 Å². The standard InChI is InChI=1S/C17H22N6O2S/c1-11(2)23-9-13-6-16(21-22(13)10-26(23,24)25)17(19)7-12-4-3-5-15(18)14(12)8-20-17/h3-8,11,20H,9-10,18-19H2,1-2H3. The fraction of sp³-hybridized carbons (Fsp3) is 0.353. The van der Waals surface area contributed by atoms with Crippen LogP contribution in [0.2, 0.25) is 0 Å². The number of hydrogen-bond acceptors (Lipinski definition) is 6.